The Kier molecular flexibility index (Phi) is 10.8. The van der Waals surface area contributed by atoms with Crippen molar-refractivity contribution in [3.63, 3.8) is 0 Å². The maximum absolute atomic E-state index is 13.9. The van der Waals surface area contributed by atoms with Gasteiger partial charge in [-0.1, -0.05) is 45.9 Å². The van der Waals surface area contributed by atoms with Crippen LogP contribution in [0.25, 0.3) is 10.8 Å². The van der Waals surface area contributed by atoms with Crippen LogP contribution < -0.4 is 10.1 Å². The lowest BCUT2D eigenvalue weighted by molar-refractivity contribution is -0.112. The Hall–Kier alpha value is -4.43. The Bertz CT molecular complexity index is 1750. The van der Waals surface area contributed by atoms with Gasteiger partial charge in [0.15, 0.2) is 12.0 Å². The molecule has 2 aromatic rings. The summed E-state index contributed by atoms with van der Waals surface area (Å²) in [6.07, 6.45) is 3.34. The molecular formula is C36H45NO12. The van der Waals surface area contributed by atoms with Gasteiger partial charge in [-0.25, -0.2) is 0 Å². The molecule has 0 saturated heterocycles. The molecule has 266 valence electrons. The van der Waals surface area contributed by atoms with Gasteiger partial charge in [0.05, 0.1) is 52.9 Å². The number of aldehydes is 1. The van der Waals surface area contributed by atoms with Gasteiger partial charge in [0, 0.05) is 54.2 Å². The number of aromatic hydroxyl groups is 3. The summed E-state index contributed by atoms with van der Waals surface area (Å²) in [6, 6.07) is 0. The highest BCUT2D eigenvalue weighted by Crippen LogP contribution is 2.55. The lowest BCUT2D eigenvalue weighted by Gasteiger charge is -2.36. The molecule has 49 heavy (non-hydrogen) atoms. The van der Waals surface area contributed by atoms with Crippen LogP contribution in [-0.2, 0) is 14.3 Å². The van der Waals surface area contributed by atoms with Crippen molar-refractivity contribution in [3.8, 4) is 23.0 Å². The first-order valence-corrected chi connectivity index (χ1v) is 16.0. The predicted octanol–water partition coefficient (Wildman–Crippen LogP) is 4.00. The van der Waals surface area contributed by atoms with Gasteiger partial charge < -0.3 is 50.2 Å². The van der Waals surface area contributed by atoms with Crippen LogP contribution in [0.2, 0.25) is 0 Å². The van der Waals surface area contributed by atoms with Crippen molar-refractivity contribution >= 4 is 34.4 Å². The summed E-state index contributed by atoms with van der Waals surface area (Å²) in [4.78, 5) is 39.4. The number of benzene rings is 2. The summed E-state index contributed by atoms with van der Waals surface area (Å²) in [5.41, 5.74) is -1.21. The number of nitrogens with one attached hydrogen (secondary N) is 1. The number of allylic oxidation sites excluding steroid dienone is 2. The molecule has 13 nitrogen and oxygen atoms in total. The highest BCUT2D eigenvalue weighted by molar-refractivity contribution is 6.23. The molecule has 0 radical (unpaired) electrons. The number of methoxy groups -OCH3 is 1. The second-order valence-corrected chi connectivity index (χ2v) is 13.2. The highest BCUT2D eigenvalue weighted by atomic mass is 16.7. The fourth-order valence-corrected chi connectivity index (χ4v) is 6.47. The third-order valence-electron chi connectivity index (χ3n) is 9.89. The number of phenols is 3. The van der Waals surface area contributed by atoms with Crippen molar-refractivity contribution < 1.29 is 59.2 Å². The first kappa shape index (κ1) is 37.4. The monoisotopic (exact) mass is 683 g/mol. The van der Waals surface area contributed by atoms with E-state index < -0.39 is 99.5 Å². The predicted molar refractivity (Wildman–Crippen MR) is 180 cm³/mol. The number of hydrogen-bond acceptors (Lipinski definition) is 12. The van der Waals surface area contributed by atoms with Crippen molar-refractivity contribution in [2.45, 2.75) is 78.7 Å². The van der Waals surface area contributed by atoms with Gasteiger partial charge in [0.2, 0.25) is 0 Å². The minimum atomic E-state index is -2.05. The second-order valence-electron chi connectivity index (χ2n) is 13.2. The van der Waals surface area contributed by atoms with Crippen molar-refractivity contribution in [3.05, 3.63) is 52.8 Å². The zero-order chi connectivity index (χ0) is 36.7. The van der Waals surface area contributed by atoms with E-state index in [0.717, 1.165) is 6.26 Å². The van der Waals surface area contributed by atoms with Gasteiger partial charge in [0.25, 0.3) is 11.7 Å². The number of Topliss-reactive ketones (excluding diaryl/α,β-unsaturated/α-hetero) is 1. The fourth-order valence-electron chi connectivity index (χ4n) is 6.47. The van der Waals surface area contributed by atoms with Crippen molar-refractivity contribution in [2.75, 3.05) is 12.4 Å². The number of carbonyl (C=O) groups excluding carboxylic acids is 3. The molecule has 9 atom stereocenters. The standard InChI is InChI=1S/C36H45NO12/c1-15-10-9-11-16(2)35(46)37-26-21(14-38)31(43)23-24(32(26)44)30(42)20(6)33-25(23)34(45)36(7,49-33)48-13-12-22(47-8)17(3)28(40)19(5)29(41)18(4)27(15)39/h9-15,17-19,22,27-29,39-44H,1-8H3,(H,37,46)/b10-9-,13-12-,16-11-. The SMILES string of the molecule is COC1/C=C\OC2(C)Oc3c(C)c(O)c4c(O)c(c(C=O)c(O)c4c3C2=O)NC(=O)/C(C)=C\C=C/C(C)C(O)C(C)C(O)C(C)C(O)C1C. The molecule has 2 aromatic carbocycles. The van der Waals surface area contributed by atoms with E-state index in [1.54, 1.807) is 33.8 Å². The van der Waals surface area contributed by atoms with E-state index in [-0.39, 0.29) is 34.1 Å². The van der Waals surface area contributed by atoms with E-state index in [1.165, 1.54) is 46.1 Å². The molecule has 5 rings (SSSR count). The highest BCUT2D eigenvalue weighted by Gasteiger charge is 2.49. The zero-order valence-corrected chi connectivity index (χ0v) is 28.7. The van der Waals surface area contributed by atoms with Crippen molar-refractivity contribution in [1.29, 1.82) is 0 Å². The Morgan fingerprint density at radius 2 is 1.49 bits per heavy atom. The zero-order valence-electron chi connectivity index (χ0n) is 28.7. The largest absolute Gasteiger partial charge is 0.507 e. The molecule has 3 aliphatic rings. The van der Waals surface area contributed by atoms with Gasteiger partial charge in [-0.15, -0.1) is 0 Å². The van der Waals surface area contributed by atoms with Gasteiger partial charge in [-0.3, -0.25) is 14.4 Å². The van der Waals surface area contributed by atoms with Gasteiger partial charge in [-0.05, 0) is 19.9 Å². The van der Waals surface area contributed by atoms with Crippen molar-refractivity contribution in [1.82, 2.24) is 0 Å². The Morgan fingerprint density at radius 3 is 2.10 bits per heavy atom. The molecular weight excluding hydrogens is 638 g/mol. The number of ether oxygens (including phenoxy) is 3. The molecule has 3 aliphatic heterocycles. The number of anilines is 1. The Balaban J connectivity index is 1.91. The van der Waals surface area contributed by atoms with E-state index in [9.17, 15) is 45.0 Å². The summed E-state index contributed by atoms with van der Waals surface area (Å²) >= 11 is 0. The molecule has 0 fully saturated rings. The third kappa shape index (κ3) is 6.51. The first-order chi connectivity index (χ1) is 22.9. The summed E-state index contributed by atoms with van der Waals surface area (Å²) in [7, 11) is 1.41. The molecule has 5 bridgehead atoms. The van der Waals surface area contributed by atoms with Gasteiger partial charge in [-0.2, -0.15) is 0 Å². The molecule has 0 spiro atoms. The van der Waals surface area contributed by atoms with E-state index in [1.807, 2.05) is 0 Å². The van der Waals surface area contributed by atoms with Crippen LogP contribution in [0.15, 0.2) is 36.1 Å². The maximum atomic E-state index is 13.9. The molecule has 13 heteroatoms. The number of amides is 1. The van der Waals surface area contributed by atoms with Crippen LogP contribution in [0, 0.1) is 30.6 Å². The summed E-state index contributed by atoms with van der Waals surface area (Å²) in [5.74, 6) is -8.42. The minimum absolute atomic E-state index is 0.00862. The van der Waals surface area contributed by atoms with Crippen LogP contribution in [-0.4, -0.2) is 85.9 Å². The van der Waals surface area contributed by atoms with Crippen LogP contribution in [0.4, 0.5) is 5.69 Å². The van der Waals surface area contributed by atoms with Crippen LogP contribution in [0.1, 0.15) is 67.8 Å². The molecule has 9 unspecified atom stereocenters. The lowest BCUT2D eigenvalue weighted by Crippen LogP contribution is -2.44. The third-order valence-corrected chi connectivity index (χ3v) is 9.89. The smallest absolute Gasteiger partial charge is 0.312 e. The topological polar surface area (TPSA) is 212 Å². The van der Waals surface area contributed by atoms with Crippen LogP contribution in [0.5, 0.6) is 23.0 Å². The number of ketones is 1. The molecule has 0 aromatic heterocycles. The quantitative estimate of drug-likeness (QED) is 0.136. The molecule has 0 aliphatic carbocycles. The average Bonchev–Trinajstić information content (AvgIpc) is 3.34. The molecule has 3 heterocycles. The summed E-state index contributed by atoms with van der Waals surface area (Å²) in [6.45, 7) is 10.9. The lowest BCUT2D eigenvalue weighted by atomic mass is 9.78. The Morgan fingerprint density at radius 1 is 0.878 bits per heavy atom. The van der Waals surface area contributed by atoms with Crippen LogP contribution in [0.3, 0.4) is 0 Å². The number of hydrogen-bond donors (Lipinski definition) is 7. The summed E-state index contributed by atoms with van der Waals surface area (Å²) < 4.78 is 17.3. The average molecular weight is 684 g/mol. The van der Waals surface area contributed by atoms with Crippen LogP contribution >= 0.6 is 0 Å². The minimum Gasteiger partial charge on any atom is -0.507 e. The van der Waals surface area contributed by atoms with Crippen molar-refractivity contribution in [2.24, 2.45) is 23.7 Å². The number of aliphatic hydroxyl groups is 3. The van der Waals surface area contributed by atoms with E-state index in [4.69, 9.17) is 14.2 Å². The number of carbonyl (C=O) groups is 3. The molecule has 0 saturated carbocycles. The molecule has 7 N–H and O–H groups in total. The van der Waals surface area contributed by atoms with E-state index in [0.29, 0.717) is 0 Å². The Labute approximate surface area is 284 Å². The van der Waals surface area contributed by atoms with E-state index >= 15 is 0 Å². The number of phenolic OH excluding ortho intramolecular Hbond substituents is 3. The maximum Gasteiger partial charge on any atom is 0.312 e. The molecule has 1 amide bonds. The number of rotatable bonds is 2. The normalized spacial score (nSPS) is 33.7. The van der Waals surface area contributed by atoms with Gasteiger partial charge in [0.1, 0.15) is 17.2 Å². The first-order valence-electron chi connectivity index (χ1n) is 16.0. The van der Waals surface area contributed by atoms with E-state index in [2.05, 4.69) is 5.32 Å². The number of aliphatic hydroxyl groups excluding tert-OH is 3. The van der Waals surface area contributed by atoms with Gasteiger partial charge >= 0.3 is 5.79 Å². The second kappa shape index (κ2) is 14.2. The summed E-state index contributed by atoms with van der Waals surface area (Å²) in [5, 5.41) is 68.9. The number of fused-ring (bicyclic) bond motifs is 14. The fraction of sp³-hybridized carbons (Fsp3) is 0.472.